The molecule has 16 heavy (non-hydrogen) atoms. The molecule has 1 unspecified atom stereocenters. The molecule has 2 rings (SSSR count). The number of hydrogen-bond acceptors (Lipinski definition) is 6. The molecule has 0 aliphatic carbocycles. The molecule has 0 radical (unpaired) electrons. The van der Waals surface area contributed by atoms with Crippen LogP contribution in [-0.2, 0) is 4.74 Å². The van der Waals surface area contributed by atoms with Gasteiger partial charge in [0.1, 0.15) is 5.75 Å². The molecule has 88 valence electrons. The summed E-state index contributed by atoms with van der Waals surface area (Å²) in [5.41, 5.74) is 12.9. The number of fused-ring (bicyclic) bond motifs is 1. The molecule has 0 aromatic heterocycles. The Labute approximate surface area is 98.0 Å². The Morgan fingerprint density at radius 3 is 2.81 bits per heavy atom. The van der Waals surface area contributed by atoms with E-state index < -0.39 is 0 Å². The quantitative estimate of drug-likeness (QED) is 0.761. The number of benzene rings is 1. The zero-order chi connectivity index (χ0) is 11.7. The maximum Gasteiger partial charge on any atom is 0.209 e. The maximum atomic E-state index is 5.95. The van der Waals surface area contributed by atoms with Crippen molar-refractivity contribution in [3.05, 3.63) is 6.07 Å². The summed E-state index contributed by atoms with van der Waals surface area (Å²) in [6, 6.07) is 1.66. The van der Waals surface area contributed by atoms with Crippen molar-refractivity contribution < 1.29 is 14.2 Å². The van der Waals surface area contributed by atoms with Gasteiger partial charge in [-0.05, 0) is 0 Å². The molecule has 4 N–H and O–H groups in total. The fourth-order valence-corrected chi connectivity index (χ4v) is 2.58. The van der Waals surface area contributed by atoms with Gasteiger partial charge >= 0.3 is 0 Å². The lowest BCUT2D eigenvalue weighted by Crippen LogP contribution is -2.26. The number of hydrogen-bond donors (Lipinski definition) is 2. The summed E-state index contributed by atoms with van der Waals surface area (Å²) in [6.07, 6.45) is -0.285. The van der Waals surface area contributed by atoms with Crippen molar-refractivity contribution in [2.24, 2.45) is 0 Å². The fourth-order valence-electron chi connectivity index (χ4n) is 1.52. The van der Waals surface area contributed by atoms with Crippen LogP contribution in [-0.4, -0.2) is 26.3 Å². The molecular weight excluding hydrogens is 228 g/mol. The highest BCUT2D eigenvalue weighted by Gasteiger charge is 2.26. The molecule has 1 heterocycles. The molecule has 0 bridgehead atoms. The Morgan fingerprint density at radius 1 is 1.44 bits per heavy atom. The van der Waals surface area contributed by atoms with E-state index in [-0.39, 0.29) is 6.29 Å². The SMILES string of the molecule is COc1cc(N)c2c(c1N)SCC(OC)O2. The monoisotopic (exact) mass is 242 g/mol. The number of thioether (sulfide) groups is 1. The molecule has 0 fully saturated rings. The highest BCUT2D eigenvalue weighted by atomic mass is 32.2. The molecule has 0 spiro atoms. The topological polar surface area (TPSA) is 79.7 Å². The Bertz CT molecular complexity index is 412. The van der Waals surface area contributed by atoms with Crippen LogP contribution in [0.5, 0.6) is 11.5 Å². The summed E-state index contributed by atoms with van der Waals surface area (Å²) >= 11 is 1.56. The Kier molecular flexibility index (Phi) is 3.02. The molecule has 0 amide bonds. The van der Waals surface area contributed by atoms with Crippen molar-refractivity contribution in [3.8, 4) is 11.5 Å². The van der Waals surface area contributed by atoms with Crippen molar-refractivity contribution in [2.75, 3.05) is 31.4 Å². The molecular formula is C10H14N2O3S. The first kappa shape index (κ1) is 11.2. The minimum atomic E-state index is -0.285. The lowest BCUT2D eigenvalue weighted by Gasteiger charge is -2.27. The van der Waals surface area contributed by atoms with E-state index in [0.717, 1.165) is 4.90 Å². The molecule has 6 heteroatoms. The van der Waals surface area contributed by atoms with Gasteiger partial charge in [0.15, 0.2) is 5.75 Å². The van der Waals surface area contributed by atoms with Crippen LogP contribution in [0, 0.1) is 0 Å². The summed E-state index contributed by atoms with van der Waals surface area (Å²) in [5.74, 6) is 1.84. The standard InChI is InChI=1S/C10H14N2O3S/c1-13-6-3-5(11)9-10(8(6)12)16-4-7(14-2)15-9/h3,7H,4,11-12H2,1-2H3. The second-order valence-corrected chi connectivity index (χ2v) is 4.36. The van der Waals surface area contributed by atoms with E-state index in [4.69, 9.17) is 25.7 Å². The van der Waals surface area contributed by atoms with Crippen LogP contribution >= 0.6 is 11.8 Å². The van der Waals surface area contributed by atoms with Crippen molar-refractivity contribution in [1.82, 2.24) is 0 Å². The Morgan fingerprint density at radius 2 is 2.19 bits per heavy atom. The minimum absolute atomic E-state index is 0.285. The number of nitrogen functional groups attached to an aromatic ring is 2. The van der Waals surface area contributed by atoms with Crippen LogP contribution in [0.3, 0.4) is 0 Å². The normalized spacial score (nSPS) is 18.8. The smallest absolute Gasteiger partial charge is 0.209 e. The number of ether oxygens (including phenoxy) is 3. The lowest BCUT2D eigenvalue weighted by molar-refractivity contribution is -0.0380. The first-order valence-corrected chi connectivity index (χ1v) is 5.74. The third kappa shape index (κ3) is 1.74. The molecule has 1 aromatic rings. The average molecular weight is 242 g/mol. The van der Waals surface area contributed by atoms with E-state index in [9.17, 15) is 0 Å². The minimum Gasteiger partial charge on any atom is -0.494 e. The highest BCUT2D eigenvalue weighted by molar-refractivity contribution is 7.99. The average Bonchev–Trinajstić information content (AvgIpc) is 2.33. The number of methoxy groups -OCH3 is 2. The zero-order valence-electron chi connectivity index (χ0n) is 9.15. The van der Waals surface area contributed by atoms with E-state index >= 15 is 0 Å². The van der Waals surface area contributed by atoms with E-state index in [1.54, 1.807) is 32.0 Å². The van der Waals surface area contributed by atoms with Crippen LogP contribution in [0.2, 0.25) is 0 Å². The number of rotatable bonds is 2. The van der Waals surface area contributed by atoms with Crippen molar-refractivity contribution in [2.45, 2.75) is 11.2 Å². The Balaban J connectivity index is 2.46. The van der Waals surface area contributed by atoms with Crippen molar-refractivity contribution in [3.63, 3.8) is 0 Å². The van der Waals surface area contributed by atoms with E-state index in [0.29, 0.717) is 28.6 Å². The molecule has 1 atom stereocenters. The van der Waals surface area contributed by atoms with Gasteiger partial charge in [-0.25, -0.2) is 0 Å². The molecule has 5 nitrogen and oxygen atoms in total. The van der Waals surface area contributed by atoms with Gasteiger partial charge in [0.2, 0.25) is 6.29 Å². The second kappa shape index (κ2) is 4.31. The van der Waals surface area contributed by atoms with Crippen LogP contribution in [0.25, 0.3) is 0 Å². The van der Waals surface area contributed by atoms with Gasteiger partial charge in [-0.2, -0.15) is 0 Å². The third-order valence-corrected chi connectivity index (χ3v) is 3.49. The summed E-state index contributed by atoms with van der Waals surface area (Å²) in [4.78, 5) is 0.824. The van der Waals surface area contributed by atoms with Crippen molar-refractivity contribution in [1.29, 1.82) is 0 Å². The molecule has 1 aliphatic rings. The Hall–Kier alpha value is -1.27. The molecule has 1 aliphatic heterocycles. The predicted molar refractivity (Wildman–Crippen MR) is 64.0 cm³/mol. The van der Waals surface area contributed by atoms with Crippen LogP contribution in [0.15, 0.2) is 11.0 Å². The fraction of sp³-hybridized carbons (Fsp3) is 0.400. The summed E-state index contributed by atoms with van der Waals surface area (Å²) in [7, 11) is 3.16. The van der Waals surface area contributed by atoms with Gasteiger partial charge in [0, 0.05) is 13.2 Å². The second-order valence-electron chi connectivity index (χ2n) is 3.33. The van der Waals surface area contributed by atoms with Crippen LogP contribution < -0.4 is 20.9 Å². The van der Waals surface area contributed by atoms with Gasteiger partial charge in [-0.3, -0.25) is 0 Å². The third-order valence-electron chi connectivity index (χ3n) is 2.36. The van der Waals surface area contributed by atoms with E-state index in [1.165, 1.54) is 0 Å². The zero-order valence-corrected chi connectivity index (χ0v) is 9.97. The highest BCUT2D eigenvalue weighted by Crippen LogP contribution is 2.47. The van der Waals surface area contributed by atoms with Gasteiger partial charge in [-0.1, -0.05) is 0 Å². The summed E-state index contributed by atoms with van der Waals surface area (Å²) in [6.45, 7) is 0. The maximum absolute atomic E-state index is 5.95. The number of anilines is 2. The predicted octanol–water partition coefficient (Wildman–Crippen LogP) is 1.32. The summed E-state index contributed by atoms with van der Waals surface area (Å²) in [5, 5.41) is 0. The van der Waals surface area contributed by atoms with Gasteiger partial charge < -0.3 is 25.7 Å². The lowest BCUT2D eigenvalue weighted by atomic mass is 10.2. The van der Waals surface area contributed by atoms with Crippen LogP contribution in [0.4, 0.5) is 11.4 Å². The van der Waals surface area contributed by atoms with Gasteiger partial charge in [0.25, 0.3) is 0 Å². The summed E-state index contributed by atoms with van der Waals surface area (Å²) < 4.78 is 15.9. The van der Waals surface area contributed by atoms with Crippen LogP contribution in [0.1, 0.15) is 0 Å². The molecule has 0 saturated carbocycles. The molecule has 0 saturated heterocycles. The van der Waals surface area contributed by atoms with Crippen molar-refractivity contribution >= 4 is 23.1 Å². The first-order valence-electron chi connectivity index (χ1n) is 4.75. The first-order chi connectivity index (χ1) is 7.67. The number of nitrogens with two attached hydrogens (primary N) is 2. The van der Waals surface area contributed by atoms with Gasteiger partial charge in [0.05, 0.1) is 29.1 Å². The molecule has 1 aromatic carbocycles. The largest absolute Gasteiger partial charge is 0.494 e. The van der Waals surface area contributed by atoms with E-state index in [1.807, 2.05) is 0 Å². The van der Waals surface area contributed by atoms with Gasteiger partial charge in [-0.15, -0.1) is 11.8 Å². The van der Waals surface area contributed by atoms with E-state index in [2.05, 4.69) is 0 Å².